The minimum atomic E-state index is -0.801. The Morgan fingerprint density at radius 1 is 1.35 bits per heavy atom. The minimum Gasteiger partial charge on any atom is -0.481 e. The molecular formula is C13H21NO3. The van der Waals surface area contributed by atoms with E-state index >= 15 is 0 Å². The molecule has 1 amide bonds. The Kier molecular flexibility index (Phi) is 3.40. The molecule has 2 rings (SSSR count). The van der Waals surface area contributed by atoms with Gasteiger partial charge in [0.25, 0.3) is 0 Å². The van der Waals surface area contributed by atoms with Crippen molar-refractivity contribution in [3.63, 3.8) is 0 Å². The lowest BCUT2D eigenvalue weighted by molar-refractivity contribution is -0.151. The van der Waals surface area contributed by atoms with Gasteiger partial charge >= 0.3 is 5.97 Å². The summed E-state index contributed by atoms with van der Waals surface area (Å²) in [5, 5.41) is 12.1. The van der Waals surface area contributed by atoms with Gasteiger partial charge in [0.15, 0.2) is 0 Å². The highest BCUT2D eigenvalue weighted by Crippen LogP contribution is 2.41. The van der Waals surface area contributed by atoms with Crippen molar-refractivity contribution in [2.24, 2.45) is 17.3 Å². The first-order valence-electron chi connectivity index (χ1n) is 6.54. The lowest BCUT2D eigenvalue weighted by atomic mass is 9.82. The zero-order valence-corrected chi connectivity index (χ0v) is 10.4. The lowest BCUT2D eigenvalue weighted by Crippen LogP contribution is -2.36. The zero-order chi connectivity index (χ0) is 12.5. The summed E-state index contributed by atoms with van der Waals surface area (Å²) in [5.74, 6) is 0.442. The van der Waals surface area contributed by atoms with Gasteiger partial charge in [0.1, 0.15) is 0 Å². The van der Waals surface area contributed by atoms with Gasteiger partial charge < -0.3 is 10.4 Å². The van der Waals surface area contributed by atoms with Crippen LogP contribution in [0, 0.1) is 17.3 Å². The third-order valence-electron chi connectivity index (χ3n) is 4.35. The summed E-state index contributed by atoms with van der Waals surface area (Å²) in [6, 6.07) is 0. The van der Waals surface area contributed by atoms with E-state index in [4.69, 9.17) is 0 Å². The fourth-order valence-corrected chi connectivity index (χ4v) is 2.82. The van der Waals surface area contributed by atoms with E-state index < -0.39 is 11.4 Å². The monoisotopic (exact) mass is 239 g/mol. The molecule has 2 fully saturated rings. The molecule has 0 aromatic rings. The number of carbonyl (C=O) groups is 2. The summed E-state index contributed by atoms with van der Waals surface area (Å²) < 4.78 is 0. The predicted octanol–water partition coefficient (Wildman–Crippen LogP) is 1.79. The fourth-order valence-electron chi connectivity index (χ4n) is 2.82. The highest BCUT2D eigenvalue weighted by atomic mass is 16.4. The van der Waals surface area contributed by atoms with Crippen molar-refractivity contribution < 1.29 is 14.7 Å². The SMILES string of the molecule is CC1CC1CNC(=O)CC1(C(=O)O)CCCC1. The first-order chi connectivity index (χ1) is 8.03. The van der Waals surface area contributed by atoms with E-state index in [1.807, 2.05) is 0 Å². The van der Waals surface area contributed by atoms with Crippen molar-refractivity contribution in [2.75, 3.05) is 6.54 Å². The van der Waals surface area contributed by atoms with Gasteiger partial charge in [-0.2, -0.15) is 0 Å². The molecule has 2 aliphatic rings. The summed E-state index contributed by atoms with van der Waals surface area (Å²) in [4.78, 5) is 23.1. The summed E-state index contributed by atoms with van der Waals surface area (Å²) in [7, 11) is 0. The summed E-state index contributed by atoms with van der Waals surface area (Å²) in [6.45, 7) is 2.89. The number of carboxylic acids is 1. The number of nitrogens with one attached hydrogen (secondary N) is 1. The molecular weight excluding hydrogens is 218 g/mol. The molecule has 0 bridgehead atoms. The largest absolute Gasteiger partial charge is 0.481 e. The van der Waals surface area contributed by atoms with E-state index in [1.54, 1.807) is 0 Å². The molecule has 2 saturated carbocycles. The van der Waals surface area contributed by atoms with Crippen molar-refractivity contribution in [1.29, 1.82) is 0 Å². The molecule has 2 atom stereocenters. The van der Waals surface area contributed by atoms with Crippen LogP contribution < -0.4 is 5.32 Å². The Morgan fingerprint density at radius 2 is 1.94 bits per heavy atom. The molecule has 4 heteroatoms. The Hall–Kier alpha value is -1.06. The second-order valence-electron chi connectivity index (χ2n) is 5.75. The van der Waals surface area contributed by atoms with Gasteiger partial charge in [0, 0.05) is 13.0 Å². The van der Waals surface area contributed by atoms with Crippen LogP contribution in [-0.4, -0.2) is 23.5 Å². The third-order valence-corrected chi connectivity index (χ3v) is 4.35. The van der Waals surface area contributed by atoms with E-state index in [-0.39, 0.29) is 12.3 Å². The number of amides is 1. The normalized spacial score (nSPS) is 29.9. The smallest absolute Gasteiger partial charge is 0.310 e. The predicted molar refractivity (Wildman–Crippen MR) is 63.4 cm³/mol. The molecule has 17 heavy (non-hydrogen) atoms. The van der Waals surface area contributed by atoms with Crippen LogP contribution in [0.2, 0.25) is 0 Å². The van der Waals surface area contributed by atoms with E-state index in [2.05, 4.69) is 12.2 Å². The van der Waals surface area contributed by atoms with E-state index in [0.717, 1.165) is 25.3 Å². The number of rotatable bonds is 5. The van der Waals surface area contributed by atoms with E-state index in [9.17, 15) is 14.7 Å². The number of carboxylic acid groups (broad SMARTS) is 1. The molecule has 2 N–H and O–H groups in total. The average Bonchev–Trinajstić information content (AvgIpc) is 2.77. The summed E-state index contributed by atoms with van der Waals surface area (Å²) >= 11 is 0. The second-order valence-corrected chi connectivity index (χ2v) is 5.75. The van der Waals surface area contributed by atoms with Crippen LogP contribution in [0.15, 0.2) is 0 Å². The maximum absolute atomic E-state index is 11.8. The number of carbonyl (C=O) groups excluding carboxylic acids is 1. The van der Waals surface area contributed by atoms with Crippen LogP contribution in [0.4, 0.5) is 0 Å². The van der Waals surface area contributed by atoms with Crippen LogP contribution in [0.3, 0.4) is 0 Å². The molecule has 0 aromatic carbocycles. The maximum atomic E-state index is 11.8. The highest BCUT2D eigenvalue weighted by molar-refractivity contribution is 5.85. The van der Waals surface area contributed by atoms with Crippen molar-refractivity contribution in [3.05, 3.63) is 0 Å². The molecule has 2 aliphatic carbocycles. The zero-order valence-electron chi connectivity index (χ0n) is 10.4. The number of hydrogen-bond donors (Lipinski definition) is 2. The van der Waals surface area contributed by atoms with Gasteiger partial charge in [0.05, 0.1) is 5.41 Å². The van der Waals surface area contributed by atoms with Gasteiger partial charge in [-0.3, -0.25) is 9.59 Å². The standard InChI is InChI=1S/C13H21NO3/c1-9-6-10(9)8-14-11(15)7-13(12(16)17)4-2-3-5-13/h9-10H,2-8H2,1H3,(H,14,15)(H,16,17). The van der Waals surface area contributed by atoms with Crippen LogP contribution >= 0.6 is 0 Å². The van der Waals surface area contributed by atoms with Crippen molar-refractivity contribution in [1.82, 2.24) is 5.32 Å². The van der Waals surface area contributed by atoms with Crippen molar-refractivity contribution in [2.45, 2.75) is 45.4 Å². The summed E-state index contributed by atoms with van der Waals surface area (Å²) in [5.41, 5.74) is -0.779. The van der Waals surface area contributed by atoms with Gasteiger partial charge in [-0.05, 0) is 31.1 Å². The van der Waals surface area contributed by atoms with Gasteiger partial charge in [-0.1, -0.05) is 19.8 Å². The minimum absolute atomic E-state index is 0.0894. The van der Waals surface area contributed by atoms with Crippen molar-refractivity contribution >= 4 is 11.9 Å². The van der Waals surface area contributed by atoms with E-state index in [1.165, 1.54) is 6.42 Å². The second kappa shape index (κ2) is 4.67. The first-order valence-corrected chi connectivity index (χ1v) is 6.54. The van der Waals surface area contributed by atoms with E-state index in [0.29, 0.717) is 18.8 Å². The number of hydrogen-bond acceptors (Lipinski definition) is 2. The fraction of sp³-hybridized carbons (Fsp3) is 0.846. The van der Waals surface area contributed by atoms with Crippen LogP contribution in [0.5, 0.6) is 0 Å². The molecule has 0 saturated heterocycles. The first kappa shape index (κ1) is 12.4. The molecule has 0 heterocycles. The Balaban J connectivity index is 1.81. The molecule has 0 spiro atoms. The molecule has 4 nitrogen and oxygen atoms in total. The average molecular weight is 239 g/mol. The van der Waals surface area contributed by atoms with Gasteiger partial charge in [-0.25, -0.2) is 0 Å². The topological polar surface area (TPSA) is 66.4 Å². The summed E-state index contributed by atoms with van der Waals surface area (Å²) in [6.07, 6.45) is 4.50. The van der Waals surface area contributed by atoms with Crippen LogP contribution in [-0.2, 0) is 9.59 Å². The molecule has 0 radical (unpaired) electrons. The third kappa shape index (κ3) is 2.79. The number of aliphatic carboxylic acids is 1. The van der Waals surface area contributed by atoms with Crippen LogP contribution in [0.1, 0.15) is 45.4 Å². The molecule has 96 valence electrons. The quantitative estimate of drug-likeness (QED) is 0.768. The maximum Gasteiger partial charge on any atom is 0.310 e. The Bertz CT molecular complexity index is 321. The molecule has 2 unspecified atom stereocenters. The Labute approximate surface area is 102 Å². The Morgan fingerprint density at radius 3 is 2.41 bits per heavy atom. The lowest BCUT2D eigenvalue weighted by Gasteiger charge is -2.22. The van der Waals surface area contributed by atoms with Gasteiger partial charge in [0.2, 0.25) is 5.91 Å². The van der Waals surface area contributed by atoms with Crippen molar-refractivity contribution in [3.8, 4) is 0 Å². The molecule has 0 aromatic heterocycles. The van der Waals surface area contributed by atoms with Gasteiger partial charge in [-0.15, -0.1) is 0 Å². The van der Waals surface area contributed by atoms with Crippen LogP contribution in [0.25, 0.3) is 0 Å². The molecule has 0 aliphatic heterocycles. The highest BCUT2D eigenvalue weighted by Gasteiger charge is 2.43.